The quantitative estimate of drug-likeness (QED) is 0.711. The van der Waals surface area contributed by atoms with Gasteiger partial charge in [0, 0.05) is 0 Å². The van der Waals surface area contributed by atoms with Gasteiger partial charge in [-0.3, -0.25) is 0 Å². The molecule has 1 aliphatic carbocycles. The van der Waals surface area contributed by atoms with Crippen LogP contribution in [0.1, 0.15) is 52.4 Å². The molecule has 78 valence electrons. The second kappa shape index (κ2) is 5.64. The van der Waals surface area contributed by atoms with Crippen LogP contribution >= 0.6 is 0 Å². The Bertz CT molecular complexity index is 131. The lowest BCUT2D eigenvalue weighted by Gasteiger charge is -2.29. The summed E-state index contributed by atoms with van der Waals surface area (Å²) in [4.78, 5) is 0. The molecule has 3 atom stereocenters. The van der Waals surface area contributed by atoms with E-state index < -0.39 is 0 Å². The molecule has 0 saturated heterocycles. The highest BCUT2D eigenvalue weighted by Gasteiger charge is 2.21. The van der Waals surface area contributed by atoms with Gasteiger partial charge in [-0.2, -0.15) is 0 Å². The average molecular weight is 183 g/mol. The fourth-order valence-electron chi connectivity index (χ4n) is 2.57. The molecule has 0 aromatic carbocycles. The van der Waals surface area contributed by atoms with E-state index in [1.54, 1.807) is 0 Å². The fraction of sp³-hybridized carbons (Fsp3) is 1.00. The number of hydrogen-bond acceptors (Lipinski definition) is 1. The summed E-state index contributed by atoms with van der Waals surface area (Å²) in [5.74, 6) is 2.74. The topological polar surface area (TPSA) is 26.0 Å². The Hall–Kier alpha value is -0.0400. The second-order valence-corrected chi connectivity index (χ2v) is 4.88. The van der Waals surface area contributed by atoms with Crippen LogP contribution in [-0.2, 0) is 0 Å². The summed E-state index contributed by atoms with van der Waals surface area (Å²) in [6, 6.07) is 0. The summed E-state index contributed by atoms with van der Waals surface area (Å²) in [6.07, 6.45) is 8.44. The summed E-state index contributed by atoms with van der Waals surface area (Å²) < 4.78 is 0. The zero-order valence-corrected chi connectivity index (χ0v) is 9.26. The molecule has 1 saturated carbocycles. The van der Waals surface area contributed by atoms with Crippen molar-refractivity contribution in [2.75, 3.05) is 6.54 Å². The van der Waals surface area contributed by atoms with Crippen molar-refractivity contribution in [3.8, 4) is 0 Å². The van der Waals surface area contributed by atoms with Crippen LogP contribution in [0.4, 0.5) is 0 Å². The van der Waals surface area contributed by atoms with E-state index in [0.29, 0.717) is 0 Å². The summed E-state index contributed by atoms with van der Waals surface area (Å²) in [5, 5.41) is 0. The maximum Gasteiger partial charge on any atom is -0.00488 e. The standard InChI is InChI=1S/C12H25N/c1-3-10(2)7-11-5-4-6-12(8-11)9-13/h10-12H,3-9,13H2,1-2H3. The highest BCUT2D eigenvalue weighted by atomic mass is 14.6. The molecule has 0 amide bonds. The van der Waals surface area contributed by atoms with E-state index in [-0.39, 0.29) is 0 Å². The predicted molar refractivity (Wildman–Crippen MR) is 58.6 cm³/mol. The van der Waals surface area contributed by atoms with Crippen LogP contribution < -0.4 is 5.73 Å². The molecule has 1 heteroatoms. The van der Waals surface area contributed by atoms with Crippen LogP contribution in [-0.4, -0.2) is 6.54 Å². The van der Waals surface area contributed by atoms with Crippen molar-refractivity contribution >= 4 is 0 Å². The van der Waals surface area contributed by atoms with E-state index >= 15 is 0 Å². The number of nitrogens with two attached hydrogens (primary N) is 1. The number of hydrogen-bond donors (Lipinski definition) is 1. The lowest BCUT2D eigenvalue weighted by atomic mass is 9.77. The normalized spacial score (nSPS) is 31.6. The van der Waals surface area contributed by atoms with Crippen molar-refractivity contribution in [1.29, 1.82) is 0 Å². The molecule has 13 heavy (non-hydrogen) atoms. The molecule has 1 rings (SSSR count). The Morgan fingerprint density at radius 2 is 2.00 bits per heavy atom. The van der Waals surface area contributed by atoms with Crippen molar-refractivity contribution < 1.29 is 0 Å². The zero-order chi connectivity index (χ0) is 9.68. The maximum atomic E-state index is 5.73. The summed E-state index contributed by atoms with van der Waals surface area (Å²) in [5.41, 5.74) is 5.73. The minimum Gasteiger partial charge on any atom is -0.330 e. The van der Waals surface area contributed by atoms with Gasteiger partial charge >= 0.3 is 0 Å². The molecule has 0 aliphatic heterocycles. The average Bonchev–Trinajstić information content (AvgIpc) is 2.18. The van der Waals surface area contributed by atoms with E-state index in [0.717, 1.165) is 24.3 Å². The van der Waals surface area contributed by atoms with E-state index in [1.807, 2.05) is 0 Å². The van der Waals surface area contributed by atoms with E-state index in [9.17, 15) is 0 Å². The third-order valence-corrected chi connectivity index (χ3v) is 3.66. The Kier molecular flexibility index (Phi) is 4.79. The fourth-order valence-corrected chi connectivity index (χ4v) is 2.57. The van der Waals surface area contributed by atoms with Gasteiger partial charge in [0.2, 0.25) is 0 Å². The molecule has 0 spiro atoms. The minimum atomic E-state index is 0.836. The predicted octanol–water partition coefficient (Wildman–Crippen LogP) is 3.19. The summed E-state index contributed by atoms with van der Waals surface area (Å²) in [7, 11) is 0. The molecule has 0 radical (unpaired) electrons. The van der Waals surface area contributed by atoms with Gasteiger partial charge in [-0.15, -0.1) is 0 Å². The molecule has 1 fully saturated rings. The Morgan fingerprint density at radius 1 is 1.31 bits per heavy atom. The van der Waals surface area contributed by atoms with Crippen LogP contribution in [0.3, 0.4) is 0 Å². The summed E-state index contributed by atoms with van der Waals surface area (Å²) >= 11 is 0. The van der Waals surface area contributed by atoms with Crippen molar-refractivity contribution in [2.24, 2.45) is 23.5 Å². The molecule has 1 aliphatic rings. The van der Waals surface area contributed by atoms with Gasteiger partial charge in [-0.1, -0.05) is 33.1 Å². The van der Waals surface area contributed by atoms with Crippen LogP contribution in [0.25, 0.3) is 0 Å². The minimum absolute atomic E-state index is 0.836. The van der Waals surface area contributed by atoms with E-state index in [2.05, 4.69) is 13.8 Å². The number of rotatable bonds is 4. The first-order valence-electron chi connectivity index (χ1n) is 5.96. The smallest absolute Gasteiger partial charge is 0.00488 e. The first-order valence-corrected chi connectivity index (χ1v) is 5.96. The molecule has 0 aromatic heterocycles. The van der Waals surface area contributed by atoms with Crippen molar-refractivity contribution in [1.82, 2.24) is 0 Å². The molecule has 0 heterocycles. The molecule has 0 bridgehead atoms. The van der Waals surface area contributed by atoms with Gasteiger partial charge in [0.1, 0.15) is 0 Å². The van der Waals surface area contributed by atoms with Crippen LogP contribution in [0.2, 0.25) is 0 Å². The van der Waals surface area contributed by atoms with Crippen LogP contribution in [0.5, 0.6) is 0 Å². The van der Waals surface area contributed by atoms with Gasteiger partial charge in [-0.05, 0) is 43.6 Å². The van der Waals surface area contributed by atoms with Gasteiger partial charge < -0.3 is 5.73 Å². The van der Waals surface area contributed by atoms with Crippen molar-refractivity contribution in [2.45, 2.75) is 52.4 Å². The van der Waals surface area contributed by atoms with E-state index in [4.69, 9.17) is 5.73 Å². The summed E-state index contributed by atoms with van der Waals surface area (Å²) in [6.45, 7) is 5.59. The molecular formula is C12H25N. The van der Waals surface area contributed by atoms with Gasteiger partial charge in [0.05, 0.1) is 0 Å². The Labute approximate surface area is 83.1 Å². The molecule has 0 aromatic rings. The monoisotopic (exact) mass is 183 g/mol. The van der Waals surface area contributed by atoms with Crippen LogP contribution in [0.15, 0.2) is 0 Å². The van der Waals surface area contributed by atoms with E-state index in [1.165, 1.54) is 38.5 Å². The first kappa shape index (κ1) is 11.0. The first-order chi connectivity index (χ1) is 6.26. The van der Waals surface area contributed by atoms with Gasteiger partial charge in [-0.25, -0.2) is 0 Å². The van der Waals surface area contributed by atoms with Crippen molar-refractivity contribution in [3.63, 3.8) is 0 Å². The molecular weight excluding hydrogens is 158 g/mol. The highest BCUT2D eigenvalue weighted by molar-refractivity contribution is 4.74. The Morgan fingerprint density at radius 3 is 2.62 bits per heavy atom. The van der Waals surface area contributed by atoms with Crippen molar-refractivity contribution in [3.05, 3.63) is 0 Å². The SMILES string of the molecule is CCC(C)CC1CCCC(CN)C1. The van der Waals surface area contributed by atoms with Gasteiger partial charge in [0.15, 0.2) is 0 Å². The van der Waals surface area contributed by atoms with Crippen LogP contribution in [0, 0.1) is 17.8 Å². The third-order valence-electron chi connectivity index (χ3n) is 3.66. The zero-order valence-electron chi connectivity index (χ0n) is 9.26. The Balaban J connectivity index is 2.25. The largest absolute Gasteiger partial charge is 0.330 e. The van der Waals surface area contributed by atoms with Gasteiger partial charge in [0.25, 0.3) is 0 Å². The lowest BCUT2D eigenvalue weighted by molar-refractivity contribution is 0.234. The third kappa shape index (κ3) is 3.68. The molecule has 1 nitrogen and oxygen atoms in total. The maximum absolute atomic E-state index is 5.73. The highest BCUT2D eigenvalue weighted by Crippen LogP contribution is 2.32. The molecule has 2 N–H and O–H groups in total. The lowest BCUT2D eigenvalue weighted by Crippen LogP contribution is -2.23. The molecule has 3 unspecified atom stereocenters. The second-order valence-electron chi connectivity index (χ2n) is 4.88.